The summed E-state index contributed by atoms with van der Waals surface area (Å²) >= 11 is 0. The van der Waals surface area contributed by atoms with Crippen molar-refractivity contribution in [2.75, 3.05) is 19.7 Å². The van der Waals surface area contributed by atoms with Gasteiger partial charge in [0.05, 0.1) is 0 Å². The molecule has 0 aromatic heterocycles. The molecule has 1 aliphatic carbocycles. The molecule has 0 amide bonds. The van der Waals surface area contributed by atoms with Crippen molar-refractivity contribution in [3.8, 4) is 0 Å². The van der Waals surface area contributed by atoms with Gasteiger partial charge in [-0.2, -0.15) is 0 Å². The van der Waals surface area contributed by atoms with Crippen molar-refractivity contribution in [2.45, 2.75) is 19.4 Å². The van der Waals surface area contributed by atoms with Crippen LogP contribution in [-0.2, 0) is 6.54 Å². The Kier molecular flexibility index (Phi) is 3.17. The van der Waals surface area contributed by atoms with E-state index in [1.165, 1.54) is 25.1 Å². The molecule has 1 aromatic carbocycles. The second kappa shape index (κ2) is 4.79. The molecule has 1 aliphatic heterocycles. The molecule has 0 spiro atoms. The maximum Gasteiger partial charge on any atom is 0.0431 e. The molecule has 1 saturated carbocycles. The normalized spacial score (nSPS) is 31.5. The summed E-state index contributed by atoms with van der Waals surface area (Å²) in [6, 6.07) is 10.8. The van der Waals surface area contributed by atoms with Crippen molar-refractivity contribution in [2.24, 2.45) is 17.8 Å². The lowest BCUT2D eigenvalue weighted by atomic mass is 10.1. The molecular weight excluding hydrogens is 210 g/mol. The van der Waals surface area contributed by atoms with Gasteiger partial charge in [0.1, 0.15) is 0 Å². The van der Waals surface area contributed by atoms with Gasteiger partial charge in [-0.25, -0.2) is 0 Å². The minimum absolute atomic E-state index is 0.365. The molecule has 1 aromatic rings. The van der Waals surface area contributed by atoms with Crippen LogP contribution in [0.25, 0.3) is 0 Å². The summed E-state index contributed by atoms with van der Waals surface area (Å²) in [5.74, 6) is 2.80. The highest BCUT2D eigenvalue weighted by Crippen LogP contribution is 2.54. The van der Waals surface area contributed by atoms with Gasteiger partial charge in [0.25, 0.3) is 0 Å². The number of aliphatic hydroxyl groups is 1. The molecule has 1 saturated heterocycles. The first-order chi connectivity index (χ1) is 8.38. The van der Waals surface area contributed by atoms with E-state index in [4.69, 9.17) is 5.11 Å². The largest absolute Gasteiger partial charge is 0.396 e. The predicted octanol–water partition coefficient (Wildman–Crippen LogP) is 2.14. The average Bonchev–Trinajstić information content (AvgIpc) is 2.81. The van der Waals surface area contributed by atoms with Gasteiger partial charge >= 0.3 is 0 Å². The molecule has 1 N–H and O–H groups in total. The van der Waals surface area contributed by atoms with Crippen LogP contribution >= 0.6 is 0 Å². The van der Waals surface area contributed by atoms with Crippen LogP contribution in [0.5, 0.6) is 0 Å². The van der Waals surface area contributed by atoms with Gasteiger partial charge < -0.3 is 5.11 Å². The number of likely N-dealkylation sites (tertiary alicyclic amines) is 1. The minimum Gasteiger partial charge on any atom is -0.396 e. The lowest BCUT2D eigenvalue weighted by Crippen LogP contribution is -2.24. The van der Waals surface area contributed by atoms with E-state index in [2.05, 4.69) is 35.2 Å². The van der Waals surface area contributed by atoms with Crippen LogP contribution in [0.1, 0.15) is 18.4 Å². The third-order valence-corrected chi connectivity index (χ3v) is 4.39. The van der Waals surface area contributed by atoms with Gasteiger partial charge in [-0.1, -0.05) is 30.3 Å². The van der Waals surface area contributed by atoms with Crippen LogP contribution in [-0.4, -0.2) is 29.7 Å². The summed E-state index contributed by atoms with van der Waals surface area (Å²) in [4.78, 5) is 2.58. The molecule has 17 heavy (non-hydrogen) atoms. The van der Waals surface area contributed by atoms with E-state index >= 15 is 0 Å². The van der Waals surface area contributed by atoms with Crippen molar-refractivity contribution in [3.63, 3.8) is 0 Å². The molecule has 2 unspecified atom stereocenters. The highest BCUT2D eigenvalue weighted by molar-refractivity contribution is 5.15. The standard InChI is InChI=1S/C15H21NO/c17-8-4-7-13-14-10-16(11-15(13)14)9-12-5-2-1-3-6-12/h1-3,5-6,13-15,17H,4,7-11H2. The van der Waals surface area contributed by atoms with Crippen molar-refractivity contribution in [1.29, 1.82) is 0 Å². The van der Waals surface area contributed by atoms with E-state index < -0.39 is 0 Å². The van der Waals surface area contributed by atoms with Crippen LogP contribution in [0, 0.1) is 17.8 Å². The summed E-state index contributed by atoms with van der Waals surface area (Å²) in [5, 5.41) is 8.84. The molecule has 3 rings (SSSR count). The number of aliphatic hydroxyl groups excluding tert-OH is 1. The molecule has 2 heteroatoms. The fraction of sp³-hybridized carbons (Fsp3) is 0.600. The monoisotopic (exact) mass is 231 g/mol. The third kappa shape index (κ3) is 2.38. The van der Waals surface area contributed by atoms with Gasteiger partial charge in [-0.05, 0) is 36.2 Å². The van der Waals surface area contributed by atoms with E-state index in [1.54, 1.807) is 0 Å². The van der Waals surface area contributed by atoms with Gasteiger partial charge in [-0.3, -0.25) is 4.90 Å². The highest BCUT2D eigenvalue weighted by Gasteiger charge is 2.54. The number of rotatable bonds is 5. The van der Waals surface area contributed by atoms with E-state index in [9.17, 15) is 0 Å². The van der Waals surface area contributed by atoms with Gasteiger partial charge in [-0.15, -0.1) is 0 Å². The second-order valence-electron chi connectivity index (χ2n) is 5.54. The Morgan fingerprint density at radius 1 is 1.12 bits per heavy atom. The topological polar surface area (TPSA) is 23.5 Å². The van der Waals surface area contributed by atoms with Gasteiger partial charge in [0.2, 0.25) is 0 Å². The third-order valence-electron chi connectivity index (χ3n) is 4.39. The molecule has 2 aliphatic rings. The summed E-state index contributed by atoms with van der Waals surface area (Å²) < 4.78 is 0. The van der Waals surface area contributed by atoms with Crippen LogP contribution in [0.2, 0.25) is 0 Å². The SMILES string of the molecule is OCCCC1C2CN(Cc3ccccc3)CC12. The molecule has 2 fully saturated rings. The number of hydrogen-bond acceptors (Lipinski definition) is 2. The molecular formula is C15H21NO. The van der Waals surface area contributed by atoms with Gasteiger partial charge in [0.15, 0.2) is 0 Å². The minimum atomic E-state index is 0.365. The Morgan fingerprint density at radius 3 is 2.47 bits per heavy atom. The van der Waals surface area contributed by atoms with E-state index in [1.807, 2.05) is 0 Å². The number of benzene rings is 1. The zero-order valence-electron chi connectivity index (χ0n) is 10.3. The Morgan fingerprint density at radius 2 is 1.82 bits per heavy atom. The van der Waals surface area contributed by atoms with Crippen molar-refractivity contribution in [1.82, 2.24) is 4.90 Å². The Balaban J connectivity index is 1.46. The van der Waals surface area contributed by atoms with Crippen molar-refractivity contribution in [3.05, 3.63) is 35.9 Å². The average molecular weight is 231 g/mol. The first kappa shape index (κ1) is 11.2. The lowest BCUT2D eigenvalue weighted by Gasteiger charge is -2.19. The smallest absolute Gasteiger partial charge is 0.0431 e. The van der Waals surface area contributed by atoms with E-state index in [0.717, 1.165) is 30.7 Å². The molecule has 92 valence electrons. The molecule has 1 heterocycles. The number of nitrogens with zero attached hydrogens (tertiary/aromatic N) is 1. The first-order valence-electron chi connectivity index (χ1n) is 6.75. The number of fused-ring (bicyclic) bond motifs is 1. The summed E-state index contributed by atoms with van der Waals surface area (Å²) in [5.41, 5.74) is 1.43. The lowest BCUT2D eigenvalue weighted by molar-refractivity contribution is 0.254. The predicted molar refractivity (Wildman–Crippen MR) is 68.5 cm³/mol. The Hall–Kier alpha value is -0.860. The molecule has 2 nitrogen and oxygen atoms in total. The maximum atomic E-state index is 8.84. The fourth-order valence-electron chi connectivity index (χ4n) is 3.46. The van der Waals surface area contributed by atoms with Gasteiger partial charge in [0, 0.05) is 26.2 Å². The summed E-state index contributed by atoms with van der Waals surface area (Å²) in [7, 11) is 0. The molecule has 2 atom stereocenters. The number of piperidine rings is 1. The highest BCUT2D eigenvalue weighted by atomic mass is 16.2. The Labute approximate surface area is 103 Å². The van der Waals surface area contributed by atoms with Crippen molar-refractivity contribution < 1.29 is 5.11 Å². The summed E-state index contributed by atoms with van der Waals surface area (Å²) in [6.07, 6.45) is 2.24. The molecule has 0 bridgehead atoms. The maximum absolute atomic E-state index is 8.84. The zero-order valence-corrected chi connectivity index (χ0v) is 10.3. The van der Waals surface area contributed by atoms with E-state index in [0.29, 0.717) is 6.61 Å². The number of hydrogen-bond donors (Lipinski definition) is 1. The van der Waals surface area contributed by atoms with Crippen molar-refractivity contribution >= 4 is 0 Å². The quantitative estimate of drug-likeness (QED) is 0.839. The van der Waals surface area contributed by atoms with Crippen LogP contribution in [0.3, 0.4) is 0 Å². The van der Waals surface area contributed by atoms with E-state index in [-0.39, 0.29) is 0 Å². The fourth-order valence-corrected chi connectivity index (χ4v) is 3.46. The van der Waals surface area contributed by atoms with Crippen LogP contribution in [0.15, 0.2) is 30.3 Å². The zero-order chi connectivity index (χ0) is 11.7. The first-order valence-corrected chi connectivity index (χ1v) is 6.75. The summed E-state index contributed by atoms with van der Waals surface area (Å²) in [6.45, 7) is 4.02. The Bertz CT molecular complexity index is 352. The van der Waals surface area contributed by atoms with Crippen LogP contribution < -0.4 is 0 Å². The second-order valence-corrected chi connectivity index (χ2v) is 5.54. The molecule has 0 radical (unpaired) electrons. The van der Waals surface area contributed by atoms with Crippen LogP contribution in [0.4, 0.5) is 0 Å².